The van der Waals surface area contributed by atoms with Crippen LogP contribution >= 0.6 is 11.3 Å². The smallest absolute Gasteiger partial charge is 0.359 e. The fraction of sp³-hybridized carbons (Fsp3) is 0.481. The summed E-state index contributed by atoms with van der Waals surface area (Å²) in [5.74, 6) is 1.37. The van der Waals surface area contributed by atoms with Crippen LogP contribution in [-0.4, -0.2) is 28.3 Å². The molecular weight excluding hydrogens is 462 g/mol. The van der Waals surface area contributed by atoms with Crippen molar-refractivity contribution in [3.05, 3.63) is 51.3 Å². The van der Waals surface area contributed by atoms with Crippen LogP contribution < -0.4 is 10.9 Å². The lowest BCUT2D eigenvalue weighted by atomic mass is 9.49. The molecule has 1 aromatic carbocycles. The third-order valence-electron chi connectivity index (χ3n) is 8.15. The number of nitrogens with one attached hydrogen (secondary N) is 1. The number of amides is 1. The molecule has 4 fully saturated rings. The standard InChI is InChI=1S/C27H29N3O4S/c1-3-34-25(32)22-20-14-35-23(21(20)24(31)30(29-22)19-6-4-15(2)5-7-19)28-26(33)27-11-16-8-17(12-27)10-18(9-16)13-27/h4-7,14,16-18H,3,8-13H2,1-2H3,(H,28,33). The molecule has 1 amide bonds. The summed E-state index contributed by atoms with van der Waals surface area (Å²) in [7, 11) is 0. The molecule has 2 heterocycles. The van der Waals surface area contributed by atoms with E-state index >= 15 is 0 Å². The van der Waals surface area contributed by atoms with Gasteiger partial charge in [0.15, 0.2) is 5.69 Å². The normalized spacial score (nSPS) is 26.7. The Balaban J connectivity index is 1.44. The van der Waals surface area contributed by atoms with E-state index in [-0.39, 0.29) is 29.2 Å². The molecule has 1 N–H and O–H groups in total. The molecule has 3 aromatic rings. The van der Waals surface area contributed by atoms with Crippen molar-refractivity contribution in [1.82, 2.24) is 9.78 Å². The molecule has 4 aliphatic rings. The maximum absolute atomic E-state index is 13.7. The molecule has 0 unspecified atom stereocenters. The Morgan fingerprint density at radius 3 is 2.34 bits per heavy atom. The molecular formula is C27H29N3O4S. The van der Waals surface area contributed by atoms with Crippen molar-refractivity contribution >= 4 is 39.0 Å². The van der Waals surface area contributed by atoms with Gasteiger partial charge >= 0.3 is 5.97 Å². The summed E-state index contributed by atoms with van der Waals surface area (Å²) < 4.78 is 6.48. The zero-order chi connectivity index (χ0) is 24.3. The zero-order valence-electron chi connectivity index (χ0n) is 20.0. The number of ether oxygens (including phenoxy) is 1. The summed E-state index contributed by atoms with van der Waals surface area (Å²) in [5.41, 5.74) is 0.982. The lowest BCUT2D eigenvalue weighted by molar-refractivity contribution is -0.140. The maximum atomic E-state index is 13.7. The topological polar surface area (TPSA) is 90.3 Å². The molecule has 0 aliphatic heterocycles. The first kappa shape index (κ1) is 22.5. The average molecular weight is 492 g/mol. The number of carbonyl (C=O) groups excluding carboxylic acids is 2. The molecule has 35 heavy (non-hydrogen) atoms. The lowest BCUT2D eigenvalue weighted by Crippen LogP contribution is -2.51. The number of hydrogen-bond acceptors (Lipinski definition) is 6. The number of benzene rings is 1. The summed E-state index contributed by atoms with van der Waals surface area (Å²) in [6.45, 7) is 3.89. The van der Waals surface area contributed by atoms with Gasteiger partial charge in [-0.25, -0.2) is 4.79 Å². The maximum Gasteiger partial charge on any atom is 0.359 e. The summed E-state index contributed by atoms with van der Waals surface area (Å²) >= 11 is 1.27. The minimum Gasteiger partial charge on any atom is -0.461 e. The Labute approximate surface area is 207 Å². The van der Waals surface area contributed by atoms with Crippen LogP contribution in [0.25, 0.3) is 16.5 Å². The van der Waals surface area contributed by atoms with Gasteiger partial charge < -0.3 is 10.1 Å². The SMILES string of the molecule is CCOC(=O)c1nn(-c2ccc(C)cc2)c(=O)c2c(NC(=O)C34CC5CC(CC(C5)C3)C4)scc12. The summed E-state index contributed by atoms with van der Waals surface area (Å²) in [5, 5.41) is 10.5. The molecule has 0 spiro atoms. The van der Waals surface area contributed by atoms with Gasteiger partial charge in [0.25, 0.3) is 5.56 Å². The molecule has 7 rings (SSSR count). The van der Waals surface area contributed by atoms with Gasteiger partial charge in [0.05, 0.1) is 23.1 Å². The highest BCUT2D eigenvalue weighted by molar-refractivity contribution is 7.16. The summed E-state index contributed by atoms with van der Waals surface area (Å²) in [6.07, 6.45) is 6.59. The minimum atomic E-state index is -0.588. The van der Waals surface area contributed by atoms with Crippen molar-refractivity contribution in [2.45, 2.75) is 52.4 Å². The number of anilines is 1. The molecule has 0 atom stereocenters. The number of aromatic nitrogens is 2. The van der Waals surface area contributed by atoms with Crippen LogP contribution in [0.3, 0.4) is 0 Å². The summed E-state index contributed by atoms with van der Waals surface area (Å²) in [6, 6.07) is 7.37. The van der Waals surface area contributed by atoms with Crippen LogP contribution in [0.5, 0.6) is 0 Å². The first-order valence-electron chi connectivity index (χ1n) is 12.5. The highest BCUT2D eigenvalue weighted by Crippen LogP contribution is 2.60. The lowest BCUT2D eigenvalue weighted by Gasteiger charge is -2.55. The minimum absolute atomic E-state index is 0.0242. The van der Waals surface area contributed by atoms with E-state index in [9.17, 15) is 14.4 Å². The number of hydrogen-bond donors (Lipinski definition) is 1. The number of aryl methyl sites for hydroxylation is 1. The van der Waals surface area contributed by atoms with E-state index in [4.69, 9.17) is 4.74 Å². The molecule has 4 bridgehead atoms. The quantitative estimate of drug-likeness (QED) is 0.502. The van der Waals surface area contributed by atoms with Gasteiger partial charge in [0.2, 0.25) is 5.91 Å². The van der Waals surface area contributed by atoms with Gasteiger partial charge in [0, 0.05) is 10.8 Å². The first-order chi connectivity index (χ1) is 16.9. The molecule has 2 aromatic heterocycles. The molecule has 4 saturated carbocycles. The van der Waals surface area contributed by atoms with E-state index in [1.165, 1.54) is 35.3 Å². The highest BCUT2D eigenvalue weighted by Gasteiger charge is 2.54. The summed E-state index contributed by atoms with van der Waals surface area (Å²) in [4.78, 5) is 40.2. The van der Waals surface area contributed by atoms with Crippen molar-refractivity contribution < 1.29 is 14.3 Å². The Hall–Kier alpha value is -3.00. The van der Waals surface area contributed by atoms with Crippen LogP contribution in [0, 0.1) is 30.1 Å². The van der Waals surface area contributed by atoms with E-state index in [1.54, 1.807) is 24.4 Å². The molecule has 182 valence electrons. The second kappa shape index (κ2) is 8.29. The molecule has 8 heteroatoms. The third-order valence-corrected chi connectivity index (χ3v) is 9.04. The number of rotatable bonds is 5. The predicted molar refractivity (Wildman–Crippen MR) is 135 cm³/mol. The van der Waals surface area contributed by atoms with Crippen molar-refractivity contribution in [2.75, 3.05) is 11.9 Å². The van der Waals surface area contributed by atoms with Crippen molar-refractivity contribution in [2.24, 2.45) is 23.2 Å². The third kappa shape index (κ3) is 3.69. The van der Waals surface area contributed by atoms with Crippen molar-refractivity contribution in [3.8, 4) is 5.69 Å². The average Bonchev–Trinajstić information content (AvgIpc) is 3.23. The van der Waals surface area contributed by atoms with Crippen LogP contribution in [0.15, 0.2) is 34.4 Å². The van der Waals surface area contributed by atoms with Crippen LogP contribution in [-0.2, 0) is 9.53 Å². The fourth-order valence-corrected chi connectivity index (χ4v) is 7.91. The Morgan fingerprint density at radius 2 is 1.74 bits per heavy atom. The second-order valence-corrected chi connectivity index (χ2v) is 11.5. The second-order valence-electron chi connectivity index (χ2n) is 10.6. The van der Waals surface area contributed by atoms with E-state index in [2.05, 4.69) is 10.4 Å². The number of fused-ring (bicyclic) bond motifs is 1. The van der Waals surface area contributed by atoms with Crippen molar-refractivity contribution in [3.63, 3.8) is 0 Å². The van der Waals surface area contributed by atoms with Crippen LogP contribution in [0.1, 0.15) is 61.5 Å². The van der Waals surface area contributed by atoms with E-state index < -0.39 is 5.97 Å². The number of esters is 1. The molecule has 4 aliphatic carbocycles. The highest BCUT2D eigenvalue weighted by atomic mass is 32.1. The van der Waals surface area contributed by atoms with Gasteiger partial charge in [-0.3, -0.25) is 9.59 Å². The van der Waals surface area contributed by atoms with Crippen LogP contribution in [0.2, 0.25) is 0 Å². The fourth-order valence-electron chi connectivity index (χ4n) is 6.98. The van der Waals surface area contributed by atoms with Crippen molar-refractivity contribution in [1.29, 1.82) is 0 Å². The van der Waals surface area contributed by atoms with Crippen LogP contribution in [0.4, 0.5) is 5.00 Å². The molecule has 0 radical (unpaired) electrons. The Bertz CT molecular complexity index is 1350. The predicted octanol–water partition coefficient (Wildman–Crippen LogP) is 5.09. The van der Waals surface area contributed by atoms with E-state index in [1.807, 2.05) is 19.1 Å². The number of thiophene rings is 1. The largest absolute Gasteiger partial charge is 0.461 e. The van der Waals surface area contributed by atoms with Gasteiger partial charge in [-0.1, -0.05) is 17.7 Å². The first-order valence-corrected chi connectivity index (χ1v) is 13.3. The molecule has 7 nitrogen and oxygen atoms in total. The Morgan fingerprint density at radius 1 is 1.11 bits per heavy atom. The zero-order valence-corrected chi connectivity index (χ0v) is 20.8. The van der Waals surface area contributed by atoms with E-state index in [0.717, 1.165) is 24.8 Å². The van der Waals surface area contributed by atoms with Gasteiger partial charge in [-0.05, 0) is 82.3 Å². The number of nitrogens with zero attached hydrogens (tertiary/aromatic N) is 2. The van der Waals surface area contributed by atoms with Gasteiger partial charge in [0.1, 0.15) is 5.00 Å². The van der Waals surface area contributed by atoms with E-state index in [0.29, 0.717) is 39.2 Å². The van der Waals surface area contributed by atoms with Gasteiger partial charge in [-0.15, -0.1) is 11.3 Å². The van der Waals surface area contributed by atoms with Gasteiger partial charge in [-0.2, -0.15) is 9.78 Å². The Kier molecular flexibility index (Phi) is 5.32. The number of carbonyl (C=O) groups is 2. The monoisotopic (exact) mass is 491 g/mol. The molecule has 0 saturated heterocycles.